The van der Waals surface area contributed by atoms with E-state index in [1.807, 2.05) is 9.36 Å². The zero-order valence-corrected chi connectivity index (χ0v) is 12.6. The molecule has 0 aliphatic heterocycles. The average molecular weight is 276 g/mol. The Morgan fingerprint density at radius 3 is 2.70 bits per heavy atom. The maximum Gasteiger partial charge on any atom is 0.138 e. The maximum absolute atomic E-state index is 6.35. The van der Waals surface area contributed by atoms with E-state index in [9.17, 15) is 0 Å². The topological polar surface area (TPSA) is 74.6 Å². The lowest BCUT2D eigenvalue weighted by Crippen LogP contribution is -2.20. The number of hydrogen-bond acceptors (Lipinski definition) is 4. The summed E-state index contributed by atoms with van der Waals surface area (Å²) >= 11 is 0. The van der Waals surface area contributed by atoms with Crippen LogP contribution < -0.4 is 5.73 Å². The largest absolute Gasteiger partial charge is 0.322 e. The third-order valence-corrected chi connectivity index (χ3v) is 3.44. The summed E-state index contributed by atoms with van der Waals surface area (Å²) in [6, 6.07) is 2.01. The number of nitrogens with zero attached hydrogens (tertiary/aromatic N) is 5. The molecule has 0 radical (unpaired) electrons. The van der Waals surface area contributed by atoms with Gasteiger partial charge in [-0.05, 0) is 25.8 Å². The lowest BCUT2D eigenvalue weighted by Gasteiger charge is -2.13. The summed E-state index contributed by atoms with van der Waals surface area (Å²) in [6.45, 7) is 8.04. The minimum absolute atomic E-state index is 0.0949. The number of nitrogens with two attached hydrogens (primary N) is 1. The van der Waals surface area contributed by atoms with Gasteiger partial charge in [-0.2, -0.15) is 10.2 Å². The van der Waals surface area contributed by atoms with E-state index in [-0.39, 0.29) is 6.04 Å². The van der Waals surface area contributed by atoms with Gasteiger partial charge in [0, 0.05) is 19.5 Å². The molecule has 6 nitrogen and oxygen atoms in total. The summed E-state index contributed by atoms with van der Waals surface area (Å²) in [5.41, 5.74) is 8.52. The van der Waals surface area contributed by atoms with Crippen molar-refractivity contribution in [2.24, 2.45) is 5.73 Å². The van der Waals surface area contributed by atoms with Gasteiger partial charge < -0.3 is 5.73 Å². The van der Waals surface area contributed by atoms with Crippen molar-refractivity contribution >= 4 is 0 Å². The van der Waals surface area contributed by atoms with Crippen molar-refractivity contribution in [2.75, 3.05) is 0 Å². The van der Waals surface area contributed by atoms with E-state index in [1.165, 1.54) is 0 Å². The Kier molecular flexibility index (Phi) is 4.89. The summed E-state index contributed by atoms with van der Waals surface area (Å²) < 4.78 is 3.93. The van der Waals surface area contributed by atoms with E-state index < -0.39 is 0 Å². The second kappa shape index (κ2) is 6.65. The molecule has 0 fully saturated rings. The summed E-state index contributed by atoms with van der Waals surface area (Å²) in [5.74, 6) is 0.946. The predicted molar refractivity (Wildman–Crippen MR) is 78.2 cm³/mol. The van der Waals surface area contributed by atoms with E-state index >= 15 is 0 Å². The zero-order chi connectivity index (χ0) is 14.5. The van der Waals surface area contributed by atoms with Crippen LogP contribution in [0, 0.1) is 0 Å². The number of rotatable bonds is 7. The molecular formula is C14H24N6. The standard InChI is InChI=1S/C14H24N6/c1-4-7-20-14(16-10-17-20)9-12(15)13-8-11(5-2)18-19(13)6-3/h8,10,12H,4-7,9,15H2,1-3H3. The van der Waals surface area contributed by atoms with Gasteiger partial charge in [0.2, 0.25) is 0 Å². The highest BCUT2D eigenvalue weighted by atomic mass is 15.3. The van der Waals surface area contributed by atoms with Crippen molar-refractivity contribution < 1.29 is 0 Å². The lowest BCUT2D eigenvalue weighted by atomic mass is 10.1. The Hall–Kier alpha value is -1.69. The van der Waals surface area contributed by atoms with Crippen LogP contribution in [0.15, 0.2) is 12.4 Å². The quantitative estimate of drug-likeness (QED) is 0.835. The minimum atomic E-state index is -0.0949. The fourth-order valence-corrected chi connectivity index (χ4v) is 2.36. The smallest absolute Gasteiger partial charge is 0.138 e. The van der Waals surface area contributed by atoms with E-state index in [0.717, 1.165) is 43.1 Å². The predicted octanol–water partition coefficient (Wildman–Crippen LogP) is 1.71. The molecule has 2 aromatic heterocycles. The fourth-order valence-electron chi connectivity index (χ4n) is 2.36. The first-order chi connectivity index (χ1) is 9.69. The van der Waals surface area contributed by atoms with Crippen LogP contribution in [0.2, 0.25) is 0 Å². The van der Waals surface area contributed by atoms with E-state index in [2.05, 4.69) is 42.0 Å². The monoisotopic (exact) mass is 276 g/mol. The number of aromatic nitrogens is 5. The summed E-state index contributed by atoms with van der Waals surface area (Å²) in [4.78, 5) is 4.32. The van der Waals surface area contributed by atoms with Crippen LogP contribution in [0.3, 0.4) is 0 Å². The summed E-state index contributed by atoms with van der Waals surface area (Å²) in [7, 11) is 0. The third-order valence-electron chi connectivity index (χ3n) is 3.44. The molecule has 0 aromatic carbocycles. The molecule has 0 aliphatic carbocycles. The Balaban J connectivity index is 2.16. The van der Waals surface area contributed by atoms with E-state index in [1.54, 1.807) is 6.33 Å². The van der Waals surface area contributed by atoms with Crippen LogP contribution in [0.4, 0.5) is 0 Å². The van der Waals surface area contributed by atoms with Crippen LogP contribution in [0.25, 0.3) is 0 Å². The molecule has 0 amide bonds. The van der Waals surface area contributed by atoms with Gasteiger partial charge in [-0.15, -0.1) is 0 Å². The van der Waals surface area contributed by atoms with Crippen LogP contribution >= 0.6 is 0 Å². The highest BCUT2D eigenvalue weighted by molar-refractivity contribution is 5.15. The van der Waals surface area contributed by atoms with E-state index in [4.69, 9.17) is 5.73 Å². The van der Waals surface area contributed by atoms with Gasteiger partial charge in [-0.25, -0.2) is 4.98 Å². The van der Waals surface area contributed by atoms with Gasteiger partial charge in [0.1, 0.15) is 12.2 Å². The average Bonchev–Trinajstić information content (AvgIpc) is 3.06. The van der Waals surface area contributed by atoms with Crippen molar-refractivity contribution in [3.63, 3.8) is 0 Å². The summed E-state index contributed by atoms with van der Waals surface area (Å²) in [6.07, 6.45) is 4.26. The highest BCUT2D eigenvalue weighted by Gasteiger charge is 2.17. The van der Waals surface area contributed by atoms with Crippen LogP contribution in [-0.4, -0.2) is 24.5 Å². The number of hydrogen-bond donors (Lipinski definition) is 1. The Labute approximate surface area is 120 Å². The van der Waals surface area contributed by atoms with E-state index in [0.29, 0.717) is 6.42 Å². The van der Waals surface area contributed by atoms with Crippen molar-refractivity contribution in [2.45, 2.75) is 59.2 Å². The highest BCUT2D eigenvalue weighted by Crippen LogP contribution is 2.17. The zero-order valence-electron chi connectivity index (χ0n) is 12.6. The van der Waals surface area contributed by atoms with Gasteiger partial charge in [-0.3, -0.25) is 9.36 Å². The second-order valence-electron chi connectivity index (χ2n) is 4.94. The normalized spacial score (nSPS) is 12.8. The molecule has 0 saturated heterocycles. The molecule has 2 heterocycles. The number of aryl methyl sites for hydroxylation is 3. The third kappa shape index (κ3) is 3.07. The van der Waals surface area contributed by atoms with Crippen molar-refractivity contribution in [3.8, 4) is 0 Å². The van der Waals surface area contributed by atoms with Gasteiger partial charge in [0.15, 0.2) is 0 Å². The van der Waals surface area contributed by atoms with Gasteiger partial charge in [0.25, 0.3) is 0 Å². The van der Waals surface area contributed by atoms with Gasteiger partial charge in [-0.1, -0.05) is 13.8 Å². The molecule has 110 valence electrons. The van der Waals surface area contributed by atoms with Gasteiger partial charge >= 0.3 is 0 Å². The molecule has 2 rings (SSSR count). The molecule has 20 heavy (non-hydrogen) atoms. The van der Waals surface area contributed by atoms with Crippen molar-refractivity contribution in [3.05, 3.63) is 29.6 Å². The molecule has 0 aliphatic rings. The van der Waals surface area contributed by atoms with Crippen LogP contribution in [0.5, 0.6) is 0 Å². The SMILES string of the molecule is CCCn1ncnc1CC(N)c1cc(CC)nn1CC. The first-order valence-corrected chi connectivity index (χ1v) is 7.38. The molecule has 0 bridgehead atoms. The first kappa shape index (κ1) is 14.7. The molecule has 0 saturated carbocycles. The van der Waals surface area contributed by atoms with Crippen LogP contribution in [0.1, 0.15) is 50.4 Å². The maximum atomic E-state index is 6.35. The molecule has 2 aromatic rings. The Morgan fingerprint density at radius 2 is 2.05 bits per heavy atom. The molecule has 2 N–H and O–H groups in total. The molecular weight excluding hydrogens is 252 g/mol. The molecule has 6 heteroatoms. The second-order valence-corrected chi connectivity index (χ2v) is 4.94. The fraction of sp³-hybridized carbons (Fsp3) is 0.643. The summed E-state index contributed by atoms with van der Waals surface area (Å²) in [5, 5.41) is 8.79. The minimum Gasteiger partial charge on any atom is -0.322 e. The lowest BCUT2D eigenvalue weighted by molar-refractivity contribution is 0.522. The van der Waals surface area contributed by atoms with Crippen molar-refractivity contribution in [1.29, 1.82) is 0 Å². The molecule has 1 atom stereocenters. The van der Waals surface area contributed by atoms with Gasteiger partial charge in [0.05, 0.1) is 17.4 Å². The van der Waals surface area contributed by atoms with Crippen LogP contribution in [-0.2, 0) is 25.9 Å². The Morgan fingerprint density at radius 1 is 1.25 bits per heavy atom. The van der Waals surface area contributed by atoms with Crippen molar-refractivity contribution in [1.82, 2.24) is 24.5 Å². The Bertz CT molecular complexity index is 542. The first-order valence-electron chi connectivity index (χ1n) is 7.38. The molecule has 0 spiro atoms. The molecule has 1 unspecified atom stereocenters.